The van der Waals surface area contributed by atoms with Gasteiger partial charge in [-0.15, -0.1) is 0 Å². The second kappa shape index (κ2) is 8.90. The van der Waals surface area contributed by atoms with Crippen LogP contribution in [0.15, 0.2) is 71.8 Å². The van der Waals surface area contributed by atoms with Crippen LogP contribution in [0.25, 0.3) is 22.2 Å². The molecule has 0 fully saturated rings. The summed E-state index contributed by atoms with van der Waals surface area (Å²) in [6.45, 7) is 3.96. The Hall–Kier alpha value is -4.72. The molecule has 0 bridgehead atoms. The number of aromatic nitrogens is 3. The van der Waals surface area contributed by atoms with E-state index in [2.05, 4.69) is 10.4 Å². The highest BCUT2D eigenvalue weighted by molar-refractivity contribution is 6.16. The Bertz CT molecular complexity index is 1600. The second-order valence-electron chi connectivity index (χ2n) is 8.31. The van der Waals surface area contributed by atoms with Gasteiger partial charge in [0.15, 0.2) is 5.65 Å². The summed E-state index contributed by atoms with van der Waals surface area (Å²) in [5, 5.41) is 7.51. The smallest absolute Gasteiger partial charge is 0.261 e. The summed E-state index contributed by atoms with van der Waals surface area (Å²) < 4.78 is 6.74. The van der Waals surface area contributed by atoms with Gasteiger partial charge in [0.25, 0.3) is 5.91 Å². The van der Waals surface area contributed by atoms with E-state index in [9.17, 15) is 4.79 Å². The molecule has 0 atom stereocenters. The Kier molecular flexibility index (Phi) is 5.62. The summed E-state index contributed by atoms with van der Waals surface area (Å²) in [7, 11) is 1.61. The van der Waals surface area contributed by atoms with Crippen LogP contribution >= 0.6 is 0 Å². The first-order chi connectivity index (χ1) is 16.9. The van der Waals surface area contributed by atoms with Crippen molar-refractivity contribution in [2.75, 3.05) is 18.2 Å². The van der Waals surface area contributed by atoms with Crippen molar-refractivity contribution in [3.05, 3.63) is 89.0 Å². The van der Waals surface area contributed by atoms with Crippen molar-refractivity contribution in [1.82, 2.24) is 14.6 Å². The highest BCUT2D eigenvalue weighted by atomic mass is 16.5. The van der Waals surface area contributed by atoms with Crippen LogP contribution in [-0.2, 0) is 0 Å². The predicted octanol–water partition coefficient (Wildman–Crippen LogP) is 4.93. The number of ether oxygens (including phenoxy) is 1. The Labute approximate surface area is 202 Å². The van der Waals surface area contributed by atoms with E-state index < -0.39 is 0 Å². The molecular weight excluding hydrogens is 440 g/mol. The number of amides is 1. The minimum absolute atomic E-state index is 0.149. The maximum absolute atomic E-state index is 13.4. The summed E-state index contributed by atoms with van der Waals surface area (Å²) in [5.41, 5.74) is 12.4. The van der Waals surface area contributed by atoms with Crippen LogP contribution in [0.5, 0.6) is 5.75 Å². The molecule has 2 aromatic heterocycles. The van der Waals surface area contributed by atoms with Crippen molar-refractivity contribution >= 4 is 45.8 Å². The molecule has 8 nitrogen and oxygen atoms in total. The van der Waals surface area contributed by atoms with Crippen molar-refractivity contribution in [3.8, 4) is 5.75 Å². The van der Waals surface area contributed by atoms with Gasteiger partial charge in [-0.25, -0.2) is 9.97 Å². The third-order valence-corrected chi connectivity index (χ3v) is 5.60. The van der Waals surface area contributed by atoms with Crippen LogP contribution in [0.4, 0.5) is 11.5 Å². The molecule has 0 saturated carbocycles. The Morgan fingerprint density at radius 2 is 1.71 bits per heavy atom. The van der Waals surface area contributed by atoms with Crippen LogP contribution in [-0.4, -0.2) is 33.9 Å². The fraction of sp³-hybridized carbons (Fsp3) is 0.111. The van der Waals surface area contributed by atoms with Crippen molar-refractivity contribution in [2.45, 2.75) is 13.8 Å². The molecule has 0 aliphatic carbocycles. The van der Waals surface area contributed by atoms with Crippen molar-refractivity contribution in [3.63, 3.8) is 0 Å². The third-order valence-electron chi connectivity index (χ3n) is 5.60. The van der Waals surface area contributed by atoms with E-state index in [1.54, 1.807) is 13.3 Å². The quantitative estimate of drug-likeness (QED) is 0.359. The zero-order chi connectivity index (χ0) is 24.5. The van der Waals surface area contributed by atoms with Crippen LogP contribution in [0, 0.1) is 13.8 Å². The predicted molar refractivity (Wildman–Crippen MR) is 139 cm³/mol. The number of nitrogens with one attached hydrogen (secondary N) is 1. The molecule has 0 radical (unpaired) electrons. The Morgan fingerprint density at radius 1 is 1.00 bits per heavy atom. The lowest BCUT2D eigenvalue weighted by atomic mass is 10.1. The number of para-hydroxylation sites is 2. The molecule has 8 heteroatoms. The molecule has 5 aromatic rings. The maximum atomic E-state index is 13.4. The maximum Gasteiger partial charge on any atom is 0.261 e. The molecule has 3 aromatic carbocycles. The molecule has 35 heavy (non-hydrogen) atoms. The minimum atomic E-state index is -0.377. The number of carbonyl (C=O) groups excluding carboxylic acids is 1. The van der Waals surface area contributed by atoms with Gasteiger partial charge in [-0.3, -0.25) is 4.79 Å². The standard InChI is InChI=1S/C27H24N6O2/c1-16-11-17(2)13-19(12-16)30-27(34)23-24-26(32-22-10-5-4-9-21(22)31-24)33(25(23)28)29-15-18-7-6-8-20(14-18)35-3/h4-15H,28H2,1-3H3,(H,30,34)/b29-15-. The molecule has 2 heterocycles. The lowest BCUT2D eigenvalue weighted by Crippen LogP contribution is -2.14. The number of rotatable bonds is 5. The highest BCUT2D eigenvalue weighted by Gasteiger charge is 2.24. The van der Waals surface area contributed by atoms with Gasteiger partial charge in [0.2, 0.25) is 0 Å². The van der Waals surface area contributed by atoms with Crippen molar-refractivity contribution < 1.29 is 9.53 Å². The molecule has 174 valence electrons. The number of nitrogens with two attached hydrogens (primary N) is 1. The summed E-state index contributed by atoms with van der Waals surface area (Å²) >= 11 is 0. The molecule has 5 rings (SSSR count). The Balaban J connectivity index is 1.65. The number of hydrogen-bond donors (Lipinski definition) is 2. The van der Waals surface area contributed by atoms with Gasteiger partial charge in [0.1, 0.15) is 22.6 Å². The number of nitrogens with zero attached hydrogens (tertiary/aromatic N) is 4. The summed E-state index contributed by atoms with van der Waals surface area (Å²) in [6, 6.07) is 20.8. The van der Waals surface area contributed by atoms with Gasteiger partial charge in [-0.1, -0.05) is 30.3 Å². The number of methoxy groups -OCH3 is 1. The summed E-state index contributed by atoms with van der Waals surface area (Å²) in [5.74, 6) is 0.479. The number of aryl methyl sites for hydroxylation is 2. The molecular formula is C27H24N6O2. The van der Waals surface area contributed by atoms with E-state index >= 15 is 0 Å². The lowest BCUT2D eigenvalue weighted by molar-refractivity contribution is 0.102. The zero-order valence-electron chi connectivity index (χ0n) is 19.6. The average molecular weight is 465 g/mol. The van der Waals surface area contributed by atoms with Crippen LogP contribution in [0.3, 0.4) is 0 Å². The minimum Gasteiger partial charge on any atom is -0.497 e. The zero-order valence-corrected chi connectivity index (χ0v) is 19.6. The largest absolute Gasteiger partial charge is 0.497 e. The first-order valence-corrected chi connectivity index (χ1v) is 11.1. The number of carbonyl (C=O) groups is 1. The third kappa shape index (κ3) is 4.29. The van der Waals surface area contributed by atoms with E-state index in [-0.39, 0.29) is 17.3 Å². The van der Waals surface area contributed by atoms with Gasteiger partial charge >= 0.3 is 0 Å². The van der Waals surface area contributed by atoms with Gasteiger partial charge in [0, 0.05) is 5.69 Å². The molecule has 0 spiro atoms. The van der Waals surface area contributed by atoms with Crippen LogP contribution in [0.1, 0.15) is 27.0 Å². The second-order valence-corrected chi connectivity index (χ2v) is 8.31. The monoisotopic (exact) mass is 464 g/mol. The van der Waals surface area contributed by atoms with E-state index in [0.717, 1.165) is 16.7 Å². The van der Waals surface area contributed by atoms with Gasteiger partial charge in [-0.2, -0.15) is 9.78 Å². The topological polar surface area (TPSA) is 107 Å². The molecule has 0 aliphatic rings. The molecule has 0 unspecified atom stereocenters. The fourth-order valence-electron chi connectivity index (χ4n) is 4.07. The molecule has 0 saturated heterocycles. The normalized spacial score (nSPS) is 11.4. The summed E-state index contributed by atoms with van der Waals surface area (Å²) in [4.78, 5) is 22.9. The van der Waals surface area contributed by atoms with E-state index in [1.165, 1.54) is 4.68 Å². The summed E-state index contributed by atoms with van der Waals surface area (Å²) in [6.07, 6.45) is 1.64. The van der Waals surface area contributed by atoms with E-state index in [0.29, 0.717) is 33.6 Å². The number of fused-ring (bicyclic) bond motifs is 2. The highest BCUT2D eigenvalue weighted by Crippen LogP contribution is 2.29. The van der Waals surface area contributed by atoms with Gasteiger partial charge in [0.05, 0.1) is 24.4 Å². The van der Waals surface area contributed by atoms with E-state index in [4.69, 9.17) is 20.4 Å². The lowest BCUT2D eigenvalue weighted by Gasteiger charge is -2.08. The first kappa shape index (κ1) is 22.1. The average Bonchev–Trinajstić information content (AvgIpc) is 3.10. The molecule has 3 N–H and O–H groups in total. The number of anilines is 2. The van der Waals surface area contributed by atoms with Gasteiger partial charge < -0.3 is 15.8 Å². The number of benzene rings is 3. The number of hydrogen-bond acceptors (Lipinski definition) is 6. The Morgan fingerprint density at radius 3 is 2.43 bits per heavy atom. The van der Waals surface area contributed by atoms with Crippen LogP contribution in [0.2, 0.25) is 0 Å². The first-order valence-electron chi connectivity index (χ1n) is 11.1. The molecule has 1 amide bonds. The van der Waals surface area contributed by atoms with Crippen molar-refractivity contribution in [1.29, 1.82) is 0 Å². The fourth-order valence-corrected chi connectivity index (χ4v) is 4.07. The van der Waals surface area contributed by atoms with Crippen molar-refractivity contribution in [2.24, 2.45) is 5.10 Å². The van der Waals surface area contributed by atoms with Crippen LogP contribution < -0.4 is 15.8 Å². The SMILES string of the molecule is COc1cccc(/C=N\n2c(N)c(C(=O)Nc3cc(C)cc(C)c3)c3nc4ccccc4nc32)c1. The number of nitrogen functional groups attached to an aromatic ring is 1. The van der Waals surface area contributed by atoms with E-state index in [1.807, 2.05) is 80.6 Å². The molecule has 0 aliphatic heterocycles. The van der Waals surface area contributed by atoms with Gasteiger partial charge in [-0.05, 0) is 66.9 Å².